The molecule has 3 aromatic rings. The Balaban J connectivity index is 1.89. The monoisotopic (exact) mass is 315 g/mol. The summed E-state index contributed by atoms with van der Waals surface area (Å²) in [6.07, 6.45) is 3.94. The number of carbonyl (C=O) groups is 1. The molecule has 0 radical (unpaired) electrons. The number of nitrogens with one attached hydrogen (secondary N) is 2. The minimum Gasteiger partial charge on any atom is -0.344 e. The molecule has 7 heteroatoms. The number of hydrogen-bond acceptors (Lipinski definition) is 3. The van der Waals surface area contributed by atoms with Gasteiger partial charge in [-0.05, 0) is 31.9 Å². The largest absolute Gasteiger partial charge is 0.344 e. The number of amides is 1. The third kappa shape index (κ3) is 2.81. The van der Waals surface area contributed by atoms with Crippen molar-refractivity contribution in [2.24, 2.45) is 0 Å². The first-order valence-electron chi connectivity index (χ1n) is 7.46. The Labute approximate surface area is 132 Å². The van der Waals surface area contributed by atoms with Crippen LogP contribution in [0.3, 0.4) is 0 Å². The Morgan fingerprint density at radius 3 is 2.87 bits per heavy atom. The summed E-state index contributed by atoms with van der Waals surface area (Å²) >= 11 is 0. The third-order valence-corrected chi connectivity index (χ3v) is 3.69. The predicted molar refractivity (Wildman–Crippen MR) is 83.7 cm³/mol. The summed E-state index contributed by atoms with van der Waals surface area (Å²) in [6, 6.07) is 3.19. The number of halogens is 1. The highest BCUT2D eigenvalue weighted by atomic mass is 19.1. The number of pyridine rings is 1. The highest BCUT2D eigenvalue weighted by molar-refractivity contribution is 5.93. The van der Waals surface area contributed by atoms with Crippen molar-refractivity contribution < 1.29 is 9.18 Å². The maximum atomic E-state index is 14.4. The highest BCUT2D eigenvalue weighted by Crippen LogP contribution is 2.16. The van der Waals surface area contributed by atoms with Crippen molar-refractivity contribution in [1.82, 2.24) is 24.7 Å². The van der Waals surface area contributed by atoms with Crippen molar-refractivity contribution in [2.75, 3.05) is 0 Å². The molecule has 3 rings (SSSR count). The van der Waals surface area contributed by atoms with Gasteiger partial charge in [0.25, 0.3) is 5.91 Å². The molecule has 6 nitrogen and oxygen atoms in total. The molecule has 3 heterocycles. The molecule has 0 fully saturated rings. The van der Waals surface area contributed by atoms with Crippen LogP contribution in [0.25, 0.3) is 5.65 Å². The molecule has 1 unspecified atom stereocenters. The first-order valence-corrected chi connectivity index (χ1v) is 7.46. The number of H-pyrrole nitrogens is 1. The summed E-state index contributed by atoms with van der Waals surface area (Å²) in [7, 11) is 0. The zero-order chi connectivity index (χ0) is 16.6. The normalized spacial score (nSPS) is 12.5. The molecule has 0 aromatic carbocycles. The molecule has 0 aliphatic rings. The maximum Gasteiger partial charge on any atom is 0.275 e. The van der Waals surface area contributed by atoms with E-state index in [1.165, 1.54) is 4.40 Å². The number of rotatable bonds is 4. The van der Waals surface area contributed by atoms with Gasteiger partial charge in [-0.15, -0.1) is 0 Å². The van der Waals surface area contributed by atoms with Gasteiger partial charge in [-0.2, -0.15) is 4.39 Å². The van der Waals surface area contributed by atoms with Gasteiger partial charge in [0, 0.05) is 18.1 Å². The Morgan fingerprint density at radius 2 is 2.22 bits per heavy atom. The number of imidazole rings is 2. The summed E-state index contributed by atoms with van der Waals surface area (Å²) in [4.78, 5) is 23.8. The Bertz CT molecular complexity index is 867. The van der Waals surface area contributed by atoms with Crippen molar-refractivity contribution in [3.05, 3.63) is 53.2 Å². The van der Waals surface area contributed by atoms with Crippen LogP contribution in [0, 0.1) is 19.8 Å². The van der Waals surface area contributed by atoms with E-state index in [0.717, 1.165) is 11.3 Å². The van der Waals surface area contributed by atoms with Gasteiger partial charge in [0.15, 0.2) is 5.69 Å². The standard InChI is InChI=1S/C16H18FN5O/c1-4-11(15-18-7-10(3)19-15)20-16(23)13-14(17)22-8-9(2)5-6-12(22)21-13/h5-8,11H,4H2,1-3H3,(H,18,19)(H,20,23). The molecule has 120 valence electrons. The zero-order valence-corrected chi connectivity index (χ0v) is 13.2. The van der Waals surface area contributed by atoms with Crippen LogP contribution < -0.4 is 5.32 Å². The minimum atomic E-state index is -0.660. The predicted octanol–water partition coefficient (Wildman–Crippen LogP) is 2.69. The first-order chi connectivity index (χ1) is 11.0. The number of aromatic amines is 1. The van der Waals surface area contributed by atoms with Crippen LogP contribution in [-0.4, -0.2) is 25.3 Å². The molecular formula is C16H18FN5O. The van der Waals surface area contributed by atoms with Gasteiger partial charge >= 0.3 is 0 Å². The average Bonchev–Trinajstić information content (AvgIpc) is 3.09. The fourth-order valence-corrected chi connectivity index (χ4v) is 2.47. The van der Waals surface area contributed by atoms with Crippen LogP contribution in [0.4, 0.5) is 4.39 Å². The highest BCUT2D eigenvalue weighted by Gasteiger charge is 2.23. The van der Waals surface area contributed by atoms with Crippen molar-refractivity contribution in [3.8, 4) is 0 Å². The number of carbonyl (C=O) groups excluding carboxylic acids is 1. The lowest BCUT2D eigenvalue weighted by Crippen LogP contribution is -2.29. The fourth-order valence-electron chi connectivity index (χ4n) is 2.47. The Kier molecular flexibility index (Phi) is 3.85. The van der Waals surface area contributed by atoms with E-state index in [2.05, 4.69) is 20.3 Å². The van der Waals surface area contributed by atoms with Gasteiger partial charge in [-0.3, -0.25) is 9.20 Å². The van der Waals surface area contributed by atoms with Crippen molar-refractivity contribution in [3.63, 3.8) is 0 Å². The summed E-state index contributed by atoms with van der Waals surface area (Å²) in [6.45, 7) is 5.66. The van der Waals surface area contributed by atoms with Crippen molar-refractivity contribution in [2.45, 2.75) is 33.2 Å². The van der Waals surface area contributed by atoms with Crippen LogP contribution >= 0.6 is 0 Å². The third-order valence-electron chi connectivity index (χ3n) is 3.69. The van der Waals surface area contributed by atoms with Gasteiger partial charge in [0.1, 0.15) is 11.5 Å². The molecule has 0 spiro atoms. The van der Waals surface area contributed by atoms with E-state index in [1.54, 1.807) is 18.5 Å². The molecule has 0 aliphatic carbocycles. The fraction of sp³-hybridized carbons (Fsp3) is 0.312. The van der Waals surface area contributed by atoms with E-state index >= 15 is 0 Å². The Hall–Kier alpha value is -2.70. The maximum absolute atomic E-state index is 14.4. The summed E-state index contributed by atoms with van der Waals surface area (Å²) < 4.78 is 15.7. The quantitative estimate of drug-likeness (QED) is 0.777. The summed E-state index contributed by atoms with van der Waals surface area (Å²) in [5.74, 6) is -0.560. The lowest BCUT2D eigenvalue weighted by molar-refractivity contribution is 0.0924. The number of nitrogens with zero attached hydrogens (tertiary/aromatic N) is 3. The van der Waals surface area contributed by atoms with Crippen LogP contribution in [-0.2, 0) is 0 Å². The molecule has 0 saturated heterocycles. The minimum absolute atomic E-state index is 0.211. The number of hydrogen-bond donors (Lipinski definition) is 2. The zero-order valence-electron chi connectivity index (χ0n) is 13.2. The molecule has 23 heavy (non-hydrogen) atoms. The van der Waals surface area contributed by atoms with Crippen LogP contribution in [0.15, 0.2) is 24.5 Å². The van der Waals surface area contributed by atoms with Gasteiger partial charge < -0.3 is 10.3 Å². The molecule has 3 aromatic heterocycles. The molecule has 0 bridgehead atoms. The second-order valence-corrected chi connectivity index (χ2v) is 5.57. The van der Waals surface area contributed by atoms with Crippen LogP contribution in [0.2, 0.25) is 0 Å². The van der Waals surface area contributed by atoms with E-state index in [9.17, 15) is 9.18 Å². The van der Waals surface area contributed by atoms with E-state index in [-0.39, 0.29) is 11.7 Å². The second kappa shape index (κ2) is 5.83. The van der Waals surface area contributed by atoms with Crippen LogP contribution in [0.1, 0.15) is 47.0 Å². The second-order valence-electron chi connectivity index (χ2n) is 5.57. The van der Waals surface area contributed by atoms with E-state index in [1.807, 2.05) is 26.8 Å². The van der Waals surface area contributed by atoms with Gasteiger partial charge in [0.2, 0.25) is 5.95 Å². The molecule has 0 aliphatic heterocycles. The molecule has 1 atom stereocenters. The van der Waals surface area contributed by atoms with Crippen LogP contribution in [0.5, 0.6) is 0 Å². The summed E-state index contributed by atoms with van der Waals surface area (Å²) in [5.41, 5.74) is 1.98. The SMILES string of the molecule is CCC(NC(=O)c1nc2ccc(C)cn2c1F)c1ncc(C)[nH]1. The smallest absolute Gasteiger partial charge is 0.275 e. The van der Waals surface area contributed by atoms with Gasteiger partial charge in [-0.1, -0.05) is 13.0 Å². The first kappa shape index (κ1) is 15.2. The van der Waals surface area contributed by atoms with E-state index in [0.29, 0.717) is 17.9 Å². The lowest BCUT2D eigenvalue weighted by Gasteiger charge is -2.13. The molecule has 1 amide bonds. The van der Waals surface area contributed by atoms with E-state index < -0.39 is 11.9 Å². The molecule has 0 saturated carbocycles. The number of aryl methyl sites for hydroxylation is 2. The lowest BCUT2D eigenvalue weighted by atomic mass is 10.2. The topological polar surface area (TPSA) is 75.1 Å². The van der Waals surface area contributed by atoms with Crippen molar-refractivity contribution >= 4 is 11.6 Å². The molecular weight excluding hydrogens is 297 g/mol. The molecule has 2 N–H and O–H groups in total. The van der Waals surface area contributed by atoms with Gasteiger partial charge in [0.05, 0.1) is 6.04 Å². The van der Waals surface area contributed by atoms with Gasteiger partial charge in [-0.25, -0.2) is 9.97 Å². The number of aromatic nitrogens is 4. The van der Waals surface area contributed by atoms with Crippen molar-refractivity contribution in [1.29, 1.82) is 0 Å². The number of fused-ring (bicyclic) bond motifs is 1. The average molecular weight is 315 g/mol. The van der Waals surface area contributed by atoms with E-state index in [4.69, 9.17) is 0 Å². The summed E-state index contributed by atoms with van der Waals surface area (Å²) in [5, 5.41) is 2.78. The Morgan fingerprint density at radius 1 is 1.43 bits per heavy atom.